The standard InChI is InChI=1S/C19H26N2O4S/c1-4-25-19(23)17-11-14-9-10-20(13(2)22)12-18(14)21(17)26-16-7-5-15(24-3)6-8-16/h5-8,14,17-18H,4,9-12H2,1-3H3. The van der Waals surface area contributed by atoms with Gasteiger partial charge < -0.3 is 14.4 Å². The summed E-state index contributed by atoms with van der Waals surface area (Å²) in [6.45, 7) is 5.26. The normalized spacial score (nSPS) is 25.7. The zero-order valence-corrected chi connectivity index (χ0v) is 16.3. The van der Waals surface area contributed by atoms with Crippen LogP contribution in [-0.2, 0) is 14.3 Å². The Bertz CT molecular complexity index is 651. The van der Waals surface area contributed by atoms with Gasteiger partial charge in [-0.05, 0) is 61.9 Å². The molecule has 0 aliphatic carbocycles. The van der Waals surface area contributed by atoms with Gasteiger partial charge in [0.05, 0.1) is 13.7 Å². The molecule has 3 unspecified atom stereocenters. The number of hydrogen-bond acceptors (Lipinski definition) is 6. The minimum absolute atomic E-state index is 0.0948. The Labute approximate surface area is 158 Å². The van der Waals surface area contributed by atoms with E-state index in [4.69, 9.17) is 9.47 Å². The Hall–Kier alpha value is -1.73. The van der Waals surface area contributed by atoms with Gasteiger partial charge in [-0.2, -0.15) is 0 Å². The van der Waals surface area contributed by atoms with Crippen LogP contribution < -0.4 is 4.74 Å². The SMILES string of the molecule is CCOC(=O)C1CC2CCN(C(C)=O)CC2N1Sc1ccc(OC)cc1. The van der Waals surface area contributed by atoms with Crippen LogP contribution in [0.5, 0.6) is 5.75 Å². The van der Waals surface area contributed by atoms with Crippen molar-refractivity contribution in [3.05, 3.63) is 24.3 Å². The number of esters is 1. The highest BCUT2D eigenvalue weighted by Crippen LogP contribution is 2.43. The van der Waals surface area contributed by atoms with Crippen LogP contribution >= 0.6 is 11.9 Å². The molecule has 0 aromatic heterocycles. The molecule has 0 saturated carbocycles. The fraction of sp³-hybridized carbons (Fsp3) is 0.579. The molecule has 26 heavy (non-hydrogen) atoms. The van der Waals surface area contributed by atoms with Crippen molar-refractivity contribution in [2.45, 2.75) is 43.7 Å². The van der Waals surface area contributed by atoms with Crippen LogP contribution in [-0.4, -0.2) is 60.0 Å². The average molecular weight is 378 g/mol. The molecule has 3 atom stereocenters. The van der Waals surface area contributed by atoms with Crippen LogP contribution in [0.25, 0.3) is 0 Å². The number of piperidine rings is 1. The summed E-state index contributed by atoms with van der Waals surface area (Å²) in [6.07, 6.45) is 1.72. The summed E-state index contributed by atoms with van der Waals surface area (Å²) >= 11 is 1.57. The Kier molecular flexibility index (Phi) is 6.09. The summed E-state index contributed by atoms with van der Waals surface area (Å²) in [5.74, 6) is 1.14. The average Bonchev–Trinajstić information content (AvgIpc) is 3.00. The largest absolute Gasteiger partial charge is 0.497 e. The van der Waals surface area contributed by atoms with Gasteiger partial charge in [-0.1, -0.05) is 0 Å². The molecule has 6 nitrogen and oxygen atoms in total. The van der Waals surface area contributed by atoms with E-state index in [0.29, 0.717) is 19.1 Å². The van der Waals surface area contributed by atoms with Gasteiger partial charge in [0, 0.05) is 31.0 Å². The van der Waals surface area contributed by atoms with E-state index in [1.807, 2.05) is 36.1 Å². The number of amides is 1. The minimum atomic E-state index is -0.274. The summed E-state index contributed by atoms with van der Waals surface area (Å²) in [7, 11) is 1.64. The minimum Gasteiger partial charge on any atom is -0.497 e. The molecular formula is C19H26N2O4S. The number of carbonyl (C=O) groups is 2. The van der Waals surface area contributed by atoms with E-state index >= 15 is 0 Å². The zero-order chi connectivity index (χ0) is 18.7. The second-order valence-corrected chi connectivity index (χ2v) is 7.79. The molecule has 2 aliphatic heterocycles. The van der Waals surface area contributed by atoms with Crippen molar-refractivity contribution < 1.29 is 19.1 Å². The van der Waals surface area contributed by atoms with Gasteiger partial charge in [-0.25, -0.2) is 4.31 Å². The number of rotatable bonds is 5. The van der Waals surface area contributed by atoms with Crippen LogP contribution in [0.2, 0.25) is 0 Å². The van der Waals surface area contributed by atoms with Crippen molar-refractivity contribution in [1.82, 2.24) is 9.21 Å². The third kappa shape index (κ3) is 3.99. The Morgan fingerprint density at radius 1 is 1.27 bits per heavy atom. The fourth-order valence-electron chi connectivity index (χ4n) is 3.78. The molecule has 142 valence electrons. The molecule has 2 saturated heterocycles. The van der Waals surface area contributed by atoms with Gasteiger partial charge in [-0.3, -0.25) is 9.59 Å². The Balaban J connectivity index is 1.81. The Morgan fingerprint density at radius 2 is 2.00 bits per heavy atom. The first-order chi connectivity index (χ1) is 12.5. The lowest BCUT2D eigenvalue weighted by atomic mass is 9.91. The molecule has 7 heteroatoms. The van der Waals surface area contributed by atoms with E-state index in [0.717, 1.165) is 30.0 Å². The van der Waals surface area contributed by atoms with Crippen molar-refractivity contribution in [1.29, 1.82) is 0 Å². The highest BCUT2D eigenvalue weighted by Gasteiger charge is 2.48. The van der Waals surface area contributed by atoms with E-state index in [1.165, 1.54) is 0 Å². The van der Waals surface area contributed by atoms with E-state index in [9.17, 15) is 9.59 Å². The van der Waals surface area contributed by atoms with Crippen LogP contribution in [0, 0.1) is 5.92 Å². The zero-order valence-electron chi connectivity index (χ0n) is 15.5. The highest BCUT2D eigenvalue weighted by molar-refractivity contribution is 7.97. The van der Waals surface area contributed by atoms with Gasteiger partial charge in [0.25, 0.3) is 0 Å². The number of methoxy groups -OCH3 is 1. The smallest absolute Gasteiger partial charge is 0.324 e. The number of ether oxygens (including phenoxy) is 2. The maximum Gasteiger partial charge on any atom is 0.324 e. The second kappa shape index (κ2) is 8.31. The van der Waals surface area contributed by atoms with Crippen molar-refractivity contribution >= 4 is 23.8 Å². The summed E-state index contributed by atoms with van der Waals surface area (Å²) in [5.41, 5.74) is 0. The summed E-state index contributed by atoms with van der Waals surface area (Å²) in [5, 5.41) is 0. The van der Waals surface area contributed by atoms with Crippen LogP contribution in [0.3, 0.4) is 0 Å². The van der Waals surface area contributed by atoms with Crippen LogP contribution in [0.4, 0.5) is 0 Å². The highest BCUT2D eigenvalue weighted by atomic mass is 32.2. The number of nitrogens with zero attached hydrogens (tertiary/aromatic N) is 2. The third-order valence-electron chi connectivity index (χ3n) is 5.16. The number of benzene rings is 1. The van der Waals surface area contributed by atoms with Crippen molar-refractivity contribution in [3.63, 3.8) is 0 Å². The topological polar surface area (TPSA) is 59.1 Å². The molecular weight excluding hydrogens is 352 g/mol. The van der Waals surface area contributed by atoms with Gasteiger partial charge in [-0.15, -0.1) is 0 Å². The first-order valence-electron chi connectivity index (χ1n) is 9.06. The van der Waals surface area contributed by atoms with E-state index < -0.39 is 0 Å². The number of hydrogen-bond donors (Lipinski definition) is 0. The maximum atomic E-state index is 12.5. The monoisotopic (exact) mass is 378 g/mol. The second-order valence-electron chi connectivity index (χ2n) is 6.71. The molecule has 1 amide bonds. The van der Waals surface area contributed by atoms with Crippen LogP contribution in [0.15, 0.2) is 29.2 Å². The van der Waals surface area contributed by atoms with Gasteiger partial charge in [0.2, 0.25) is 5.91 Å². The molecule has 0 spiro atoms. The molecule has 2 heterocycles. The lowest BCUT2D eigenvalue weighted by molar-refractivity contribution is -0.147. The predicted molar refractivity (Wildman–Crippen MR) is 99.9 cm³/mol. The fourth-order valence-corrected chi connectivity index (χ4v) is 4.95. The van der Waals surface area contributed by atoms with Crippen molar-refractivity contribution in [2.75, 3.05) is 26.8 Å². The van der Waals surface area contributed by atoms with Crippen LogP contribution in [0.1, 0.15) is 26.7 Å². The molecule has 2 aliphatic rings. The lowest BCUT2D eigenvalue weighted by Crippen LogP contribution is -2.49. The predicted octanol–water partition coefficient (Wildman–Crippen LogP) is 2.58. The first-order valence-corrected chi connectivity index (χ1v) is 9.83. The van der Waals surface area contributed by atoms with Gasteiger partial charge in [0.15, 0.2) is 0 Å². The number of carbonyl (C=O) groups excluding carboxylic acids is 2. The molecule has 1 aromatic rings. The first kappa shape index (κ1) is 19.0. The summed E-state index contributed by atoms with van der Waals surface area (Å²) in [4.78, 5) is 27.3. The van der Waals surface area contributed by atoms with E-state index in [-0.39, 0.29) is 24.0 Å². The summed E-state index contributed by atoms with van der Waals surface area (Å²) in [6, 6.07) is 7.70. The molecule has 3 rings (SSSR count). The number of fused-ring (bicyclic) bond motifs is 1. The summed E-state index contributed by atoms with van der Waals surface area (Å²) < 4.78 is 12.7. The van der Waals surface area contributed by atoms with E-state index in [1.54, 1.807) is 26.0 Å². The Morgan fingerprint density at radius 3 is 2.62 bits per heavy atom. The molecule has 0 radical (unpaired) electrons. The lowest BCUT2D eigenvalue weighted by Gasteiger charge is -2.38. The van der Waals surface area contributed by atoms with Crippen molar-refractivity contribution in [2.24, 2.45) is 5.92 Å². The molecule has 2 fully saturated rings. The quantitative estimate of drug-likeness (QED) is 0.580. The van der Waals surface area contributed by atoms with Gasteiger partial charge >= 0.3 is 5.97 Å². The van der Waals surface area contributed by atoms with Crippen molar-refractivity contribution in [3.8, 4) is 5.75 Å². The molecule has 0 N–H and O–H groups in total. The van der Waals surface area contributed by atoms with Gasteiger partial charge in [0.1, 0.15) is 11.8 Å². The third-order valence-corrected chi connectivity index (χ3v) is 6.37. The molecule has 0 bridgehead atoms. The number of likely N-dealkylation sites (tertiary alicyclic amines) is 1. The maximum absolute atomic E-state index is 12.5. The molecule has 1 aromatic carbocycles. The van der Waals surface area contributed by atoms with E-state index in [2.05, 4.69) is 4.31 Å².